The first-order chi connectivity index (χ1) is 9.74. The van der Waals surface area contributed by atoms with Gasteiger partial charge in [0.25, 0.3) is 0 Å². The Bertz CT molecular complexity index is 688. The Morgan fingerprint density at radius 2 is 2.00 bits per heavy atom. The first kappa shape index (κ1) is 12.6. The van der Waals surface area contributed by atoms with Gasteiger partial charge in [-0.05, 0) is 12.1 Å². The number of rotatable bonds is 4. The van der Waals surface area contributed by atoms with Gasteiger partial charge in [-0.1, -0.05) is 18.2 Å². The minimum atomic E-state index is -0.643. The van der Waals surface area contributed by atoms with Crippen molar-refractivity contribution in [1.29, 1.82) is 0 Å². The van der Waals surface area contributed by atoms with E-state index in [9.17, 15) is 5.11 Å². The van der Waals surface area contributed by atoms with Crippen LogP contribution in [-0.2, 0) is 13.5 Å². The number of para-hydroxylation sites is 1. The molecular weight excluding hydrogens is 254 g/mol. The molecule has 102 valence electrons. The van der Waals surface area contributed by atoms with Crippen molar-refractivity contribution in [2.45, 2.75) is 12.5 Å². The molecule has 6 nitrogen and oxygen atoms in total. The zero-order valence-electron chi connectivity index (χ0n) is 11.1. The highest BCUT2D eigenvalue weighted by Crippen LogP contribution is 2.17. The summed E-state index contributed by atoms with van der Waals surface area (Å²) in [5.41, 5.74) is 1.72. The van der Waals surface area contributed by atoms with Crippen molar-refractivity contribution in [2.75, 3.05) is 0 Å². The molecule has 1 N–H and O–H groups in total. The van der Waals surface area contributed by atoms with Gasteiger partial charge < -0.3 is 5.11 Å². The fourth-order valence-corrected chi connectivity index (χ4v) is 2.03. The monoisotopic (exact) mass is 269 g/mol. The first-order valence-electron chi connectivity index (χ1n) is 6.35. The SMILES string of the molecule is Cn1ncnc1CC(O)c1cnn(-c2ccccc2)c1. The molecule has 1 atom stereocenters. The molecule has 0 amide bonds. The average Bonchev–Trinajstić information content (AvgIpc) is 3.10. The van der Waals surface area contributed by atoms with Gasteiger partial charge in [0, 0.05) is 25.2 Å². The van der Waals surface area contributed by atoms with Crippen LogP contribution in [-0.4, -0.2) is 29.7 Å². The number of aliphatic hydroxyl groups is 1. The minimum Gasteiger partial charge on any atom is -0.388 e. The van der Waals surface area contributed by atoms with E-state index >= 15 is 0 Å². The van der Waals surface area contributed by atoms with Gasteiger partial charge in [-0.2, -0.15) is 10.2 Å². The third-order valence-electron chi connectivity index (χ3n) is 3.19. The Morgan fingerprint density at radius 3 is 2.70 bits per heavy atom. The lowest BCUT2D eigenvalue weighted by molar-refractivity contribution is 0.174. The van der Waals surface area contributed by atoms with E-state index in [1.54, 1.807) is 15.6 Å². The molecule has 3 aromatic rings. The molecule has 0 aliphatic heterocycles. The summed E-state index contributed by atoms with van der Waals surface area (Å²) in [6.45, 7) is 0. The molecule has 2 heterocycles. The highest BCUT2D eigenvalue weighted by atomic mass is 16.3. The fraction of sp³-hybridized carbons (Fsp3) is 0.214. The van der Waals surface area contributed by atoms with Crippen molar-refractivity contribution in [1.82, 2.24) is 24.5 Å². The summed E-state index contributed by atoms with van der Waals surface area (Å²) in [5.74, 6) is 0.741. The number of hydrogen-bond acceptors (Lipinski definition) is 4. The Labute approximate surface area is 116 Å². The Balaban J connectivity index is 1.78. The second-order valence-electron chi connectivity index (χ2n) is 4.57. The number of benzene rings is 1. The standard InChI is InChI=1S/C14H15N5O/c1-18-14(15-10-17-18)7-13(20)11-8-16-19(9-11)12-5-3-2-4-6-12/h2-6,8-10,13,20H,7H2,1H3. The van der Waals surface area contributed by atoms with Gasteiger partial charge in [0.05, 0.1) is 18.0 Å². The molecule has 0 saturated carbocycles. The number of hydrogen-bond donors (Lipinski definition) is 1. The molecule has 0 radical (unpaired) electrons. The van der Waals surface area contributed by atoms with Crippen molar-refractivity contribution in [2.24, 2.45) is 7.05 Å². The van der Waals surface area contributed by atoms with Gasteiger partial charge in [-0.15, -0.1) is 0 Å². The van der Waals surface area contributed by atoms with Crippen LogP contribution in [0.2, 0.25) is 0 Å². The van der Waals surface area contributed by atoms with Crippen LogP contribution >= 0.6 is 0 Å². The van der Waals surface area contributed by atoms with Crippen molar-refractivity contribution in [3.8, 4) is 5.69 Å². The lowest BCUT2D eigenvalue weighted by atomic mass is 10.1. The molecule has 0 spiro atoms. The van der Waals surface area contributed by atoms with E-state index in [1.807, 2.05) is 43.6 Å². The van der Waals surface area contributed by atoms with Crippen LogP contribution in [0.15, 0.2) is 49.1 Å². The summed E-state index contributed by atoms with van der Waals surface area (Å²) in [5, 5.41) is 18.5. The molecular formula is C14H15N5O. The normalized spacial score (nSPS) is 12.5. The lowest BCUT2D eigenvalue weighted by Gasteiger charge is -2.07. The maximum absolute atomic E-state index is 10.2. The molecule has 0 aliphatic carbocycles. The fourth-order valence-electron chi connectivity index (χ4n) is 2.03. The average molecular weight is 269 g/mol. The van der Waals surface area contributed by atoms with Crippen LogP contribution in [0.5, 0.6) is 0 Å². The third kappa shape index (κ3) is 2.46. The van der Waals surface area contributed by atoms with Gasteiger partial charge in [-0.3, -0.25) is 4.68 Å². The van der Waals surface area contributed by atoms with Gasteiger partial charge in [0.2, 0.25) is 0 Å². The van der Waals surface area contributed by atoms with E-state index in [0.29, 0.717) is 6.42 Å². The number of nitrogens with zero attached hydrogens (tertiary/aromatic N) is 5. The van der Waals surface area contributed by atoms with Crippen LogP contribution in [0.3, 0.4) is 0 Å². The topological polar surface area (TPSA) is 68.8 Å². The smallest absolute Gasteiger partial charge is 0.138 e. The molecule has 1 aromatic carbocycles. The quantitative estimate of drug-likeness (QED) is 0.774. The summed E-state index contributed by atoms with van der Waals surface area (Å²) < 4.78 is 3.40. The van der Waals surface area contributed by atoms with Crippen molar-refractivity contribution >= 4 is 0 Å². The van der Waals surface area contributed by atoms with E-state index in [2.05, 4.69) is 15.2 Å². The highest BCUT2D eigenvalue weighted by molar-refractivity contribution is 5.31. The first-order valence-corrected chi connectivity index (χ1v) is 6.35. The zero-order valence-corrected chi connectivity index (χ0v) is 11.1. The summed E-state index contributed by atoms with van der Waals surface area (Å²) in [4.78, 5) is 4.11. The predicted molar refractivity (Wildman–Crippen MR) is 73.2 cm³/mol. The number of aryl methyl sites for hydroxylation is 1. The van der Waals surface area contributed by atoms with Crippen LogP contribution in [0.25, 0.3) is 5.69 Å². The molecule has 2 aromatic heterocycles. The van der Waals surface area contributed by atoms with E-state index < -0.39 is 6.10 Å². The lowest BCUT2D eigenvalue weighted by Crippen LogP contribution is -2.07. The second-order valence-corrected chi connectivity index (χ2v) is 4.57. The molecule has 20 heavy (non-hydrogen) atoms. The van der Waals surface area contributed by atoms with Crippen molar-refractivity contribution < 1.29 is 5.11 Å². The van der Waals surface area contributed by atoms with Gasteiger partial charge in [0.15, 0.2) is 0 Å². The predicted octanol–water partition coefficient (Wildman–Crippen LogP) is 1.28. The second kappa shape index (κ2) is 5.26. The van der Waals surface area contributed by atoms with E-state index in [-0.39, 0.29) is 0 Å². The van der Waals surface area contributed by atoms with Crippen LogP contribution in [0.4, 0.5) is 0 Å². The van der Waals surface area contributed by atoms with Crippen LogP contribution < -0.4 is 0 Å². The summed E-state index contributed by atoms with van der Waals surface area (Å²) >= 11 is 0. The number of aliphatic hydroxyl groups excluding tert-OH is 1. The summed E-state index contributed by atoms with van der Waals surface area (Å²) in [6.07, 6.45) is 4.76. The van der Waals surface area contributed by atoms with Crippen LogP contribution in [0, 0.1) is 0 Å². The van der Waals surface area contributed by atoms with Gasteiger partial charge in [0.1, 0.15) is 12.2 Å². The molecule has 0 saturated heterocycles. The summed E-state index contributed by atoms with van der Waals surface area (Å²) in [6, 6.07) is 9.79. The zero-order chi connectivity index (χ0) is 13.9. The third-order valence-corrected chi connectivity index (χ3v) is 3.19. The minimum absolute atomic E-state index is 0.414. The maximum Gasteiger partial charge on any atom is 0.138 e. The van der Waals surface area contributed by atoms with E-state index in [1.165, 1.54) is 6.33 Å². The highest BCUT2D eigenvalue weighted by Gasteiger charge is 2.14. The molecule has 3 rings (SSSR count). The molecule has 0 bridgehead atoms. The Hall–Kier alpha value is -2.47. The number of aromatic nitrogens is 5. The van der Waals surface area contributed by atoms with E-state index in [0.717, 1.165) is 17.1 Å². The Morgan fingerprint density at radius 1 is 1.20 bits per heavy atom. The molecule has 6 heteroatoms. The maximum atomic E-state index is 10.2. The molecule has 0 aliphatic rings. The molecule has 0 fully saturated rings. The summed E-state index contributed by atoms with van der Waals surface area (Å²) in [7, 11) is 1.81. The van der Waals surface area contributed by atoms with Crippen molar-refractivity contribution in [3.63, 3.8) is 0 Å². The largest absolute Gasteiger partial charge is 0.388 e. The molecule has 1 unspecified atom stereocenters. The van der Waals surface area contributed by atoms with Gasteiger partial charge >= 0.3 is 0 Å². The van der Waals surface area contributed by atoms with E-state index in [4.69, 9.17) is 0 Å². The Kier molecular flexibility index (Phi) is 3.30. The van der Waals surface area contributed by atoms with Crippen LogP contribution in [0.1, 0.15) is 17.5 Å². The van der Waals surface area contributed by atoms with Gasteiger partial charge in [-0.25, -0.2) is 9.67 Å². The van der Waals surface area contributed by atoms with Crippen molar-refractivity contribution in [3.05, 3.63) is 60.4 Å².